The molecule has 1 N–H and O–H groups in total. The van der Waals surface area contributed by atoms with E-state index >= 15 is 0 Å². The number of halogens is 1. The van der Waals surface area contributed by atoms with E-state index in [1.807, 2.05) is 55.5 Å². The maximum Gasteiger partial charge on any atom is 0.258 e. The Hall–Kier alpha value is -3.44. The molecule has 1 aromatic heterocycles. The fourth-order valence-corrected chi connectivity index (χ4v) is 3.64. The van der Waals surface area contributed by atoms with E-state index in [0.717, 1.165) is 11.1 Å². The summed E-state index contributed by atoms with van der Waals surface area (Å²) >= 11 is 5.98. The number of benzene rings is 3. The molecule has 0 aliphatic rings. The molecule has 156 valence electrons. The van der Waals surface area contributed by atoms with Crippen LogP contribution in [0.1, 0.15) is 27.3 Å². The Morgan fingerprint density at radius 1 is 1.03 bits per heavy atom. The van der Waals surface area contributed by atoms with Crippen LogP contribution in [-0.2, 0) is 13.0 Å². The molecule has 0 fully saturated rings. The van der Waals surface area contributed by atoms with Crippen molar-refractivity contribution in [1.82, 2.24) is 14.9 Å². The number of amides is 1. The van der Waals surface area contributed by atoms with Gasteiger partial charge in [0.2, 0.25) is 0 Å². The van der Waals surface area contributed by atoms with E-state index in [1.165, 1.54) is 0 Å². The summed E-state index contributed by atoms with van der Waals surface area (Å²) in [5.41, 5.74) is 3.11. The number of rotatable bonds is 6. The van der Waals surface area contributed by atoms with Gasteiger partial charge in [0, 0.05) is 17.1 Å². The Balaban J connectivity index is 1.63. The third-order valence-corrected chi connectivity index (χ3v) is 5.39. The number of hydrogen-bond donors (Lipinski definition) is 1. The van der Waals surface area contributed by atoms with E-state index in [9.17, 15) is 9.59 Å². The molecule has 5 nitrogen and oxygen atoms in total. The average Bonchev–Trinajstić information content (AvgIpc) is 2.77. The van der Waals surface area contributed by atoms with E-state index in [-0.39, 0.29) is 18.0 Å². The minimum absolute atomic E-state index is 0.103. The molecule has 31 heavy (non-hydrogen) atoms. The van der Waals surface area contributed by atoms with Crippen LogP contribution in [0.3, 0.4) is 0 Å². The molecule has 0 spiro atoms. The van der Waals surface area contributed by atoms with Crippen molar-refractivity contribution in [3.63, 3.8) is 0 Å². The van der Waals surface area contributed by atoms with Crippen molar-refractivity contribution in [1.29, 1.82) is 0 Å². The zero-order valence-corrected chi connectivity index (χ0v) is 17.9. The molecule has 0 saturated carbocycles. The van der Waals surface area contributed by atoms with Crippen LogP contribution < -0.4 is 5.56 Å². The second-order valence-corrected chi connectivity index (χ2v) is 7.94. The van der Waals surface area contributed by atoms with Gasteiger partial charge in [0.15, 0.2) is 0 Å². The summed E-state index contributed by atoms with van der Waals surface area (Å²) in [7, 11) is 0. The zero-order valence-electron chi connectivity index (χ0n) is 17.1. The Labute approximate surface area is 185 Å². The van der Waals surface area contributed by atoms with Gasteiger partial charge in [-0.25, -0.2) is 4.98 Å². The highest BCUT2D eigenvalue weighted by molar-refractivity contribution is 6.30. The Morgan fingerprint density at radius 3 is 2.58 bits per heavy atom. The van der Waals surface area contributed by atoms with Gasteiger partial charge in [0.1, 0.15) is 5.82 Å². The summed E-state index contributed by atoms with van der Waals surface area (Å²) in [5.74, 6) is 0.356. The van der Waals surface area contributed by atoms with Crippen molar-refractivity contribution in [2.45, 2.75) is 19.9 Å². The molecular weight excluding hydrogens is 410 g/mol. The predicted molar refractivity (Wildman–Crippen MR) is 123 cm³/mol. The van der Waals surface area contributed by atoms with Crippen molar-refractivity contribution >= 4 is 28.4 Å². The van der Waals surface area contributed by atoms with E-state index < -0.39 is 0 Å². The molecule has 0 unspecified atom stereocenters. The maximum atomic E-state index is 13.3. The number of aryl methyl sites for hydroxylation is 1. The summed E-state index contributed by atoms with van der Waals surface area (Å²) in [6, 6.07) is 22.3. The average molecular weight is 432 g/mol. The molecule has 0 aliphatic heterocycles. The third kappa shape index (κ3) is 5.01. The van der Waals surface area contributed by atoms with Gasteiger partial charge in [-0.3, -0.25) is 9.59 Å². The van der Waals surface area contributed by atoms with Crippen molar-refractivity contribution in [3.05, 3.63) is 111 Å². The highest BCUT2D eigenvalue weighted by Crippen LogP contribution is 2.14. The van der Waals surface area contributed by atoms with Gasteiger partial charge in [0.25, 0.3) is 11.5 Å². The Kier molecular flexibility index (Phi) is 6.14. The molecule has 0 saturated heterocycles. The van der Waals surface area contributed by atoms with E-state index in [2.05, 4.69) is 9.97 Å². The van der Waals surface area contributed by atoms with Gasteiger partial charge >= 0.3 is 0 Å². The molecule has 6 heteroatoms. The summed E-state index contributed by atoms with van der Waals surface area (Å²) in [6.07, 6.45) is 0.659. The first-order valence-corrected chi connectivity index (χ1v) is 10.5. The third-order valence-electron chi connectivity index (χ3n) is 5.14. The molecule has 3 aromatic carbocycles. The normalized spacial score (nSPS) is 10.9. The number of nitrogens with one attached hydrogen (secondary N) is 1. The zero-order chi connectivity index (χ0) is 21.8. The second kappa shape index (κ2) is 9.14. The highest BCUT2D eigenvalue weighted by Gasteiger charge is 2.18. The summed E-state index contributed by atoms with van der Waals surface area (Å²) in [6.45, 7) is 2.64. The fourth-order valence-electron chi connectivity index (χ4n) is 3.52. The Morgan fingerprint density at radius 2 is 1.81 bits per heavy atom. The number of carbonyl (C=O) groups is 1. The molecule has 1 amide bonds. The van der Waals surface area contributed by atoms with Gasteiger partial charge in [0.05, 0.1) is 17.4 Å². The number of fused-ring (bicyclic) bond motifs is 1. The quantitative estimate of drug-likeness (QED) is 0.478. The molecule has 0 aliphatic carbocycles. The number of nitrogens with zero attached hydrogens (tertiary/aromatic N) is 2. The highest BCUT2D eigenvalue weighted by atomic mass is 35.5. The van der Waals surface area contributed by atoms with Crippen LogP contribution in [0.2, 0.25) is 5.02 Å². The summed E-state index contributed by atoms with van der Waals surface area (Å²) < 4.78 is 0. The summed E-state index contributed by atoms with van der Waals surface area (Å²) in [5, 5.41) is 1.21. The first-order valence-electron chi connectivity index (χ1n) is 10.1. The number of H-pyrrole nitrogens is 1. The van der Waals surface area contributed by atoms with Crippen LogP contribution in [0.25, 0.3) is 10.9 Å². The van der Waals surface area contributed by atoms with Crippen LogP contribution in [0.4, 0.5) is 0 Å². The lowest BCUT2D eigenvalue weighted by atomic mass is 10.1. The predicted octanol–water partition coefficient (Wildman–Crippen LogP) is 4.77. The maximum absolute atomic E-state index is 13.3. The van der Waals surface area contributed by atoms with Crippen molar-refractivity contribution in [2.24, 2.45) is 0 Å². The summed E-state index contributed by atoms with van der Waals surface area (Å²) in [4.78, 5) is 34.9. The number of carbonyl (C=O) groups excluding carboxylic acids is 1. The lowest BCUT2D eigenvalue weighted by Gasteiger charge is -2.23. The van der Waals surface area contributed by atoms with Crippen LogP contribution in [0.5, 0.6) is 0 Å². The van der Waals surface area contributed by atoms with E-state index in [1.54, 1.807) is 29.2 Å². The number of aromatic nitrogens is 2. The fraction of sp³-hybridized carbons (Fsp3) is 0.160. The van der Waals surface area contributed by atoms with Crippen molar-refractivity contribution in [3.8, 4) is 0 Å². The number of hydrogen-bond acceptors (Lipinski definition) is 3. The molecule has 4 aromatic rings. The van der Waals surface area contributed by atoms with E-state index in [0.29, 0.717) is 40.3 Å². The Bertz CT molecular complexity index is 1280. The van der Waals surface area contributed by atoms with Crippen LogP contribution >= 0.6 is 11.6 Å². The lowest BCUT2D eigenvalue weighted by molar-refractivity contribution is 0.0740. The minimum atomic E-state index is -0.207. The van der Waals surface area contributed by atoms with Crippen LogP contribution in [0.15, 0.2) is 77.6 Å². The smallest absolute Gasteiger partial charge is 0.258 e. The molecule has 0 bridgehead atoms. The van der Waals surface area contributed by atoms with Crippen molar-refractivity contribution < 1.29 is 4.79 Å². The molecule has 1 heterocycles. The largest absolute Gasteiger partial charge is 0.331 e. The van der Waals surface area contributed by atoms with Crippen LogP contribution in [0, 0.1) is 6.92 Å². The standard InChI is InChI=1S/C25H22ClN3O2/c1-17-5-4-6-19(15-17)25(31)29(14-13-18-9-11-20(26)12-10-18)16-23-27-22-8-3-2-7-21(22)24(30)28-23/h2-12,15H,13-14,16H2,1H3,(H,27,28,30). The SMILES string of the molecule is Cc1cccc(C(=O)N(CCc2ccc(Cl)cc2)Cc2nc3ccccc3c(=O)[nH]2)c1. The lowest BCUT2D eigenvalue weighted by Crippen LogP contribution is -2.34. The van der Waals surface area contributed by atoms with Gasteiger partial charge in [-0.05, 0) is 55.3 Å². The van der Waals surface area contributed by atoms with Gasteiger partial charge in [-0.1, -0.05) is 53.6 Å². The molecular formula is C25H22ClN3O2. The number of aromatic amines is 1. The van der Waals surface area contributed by atoms with Gasteiger partial charge < -0.3 is 9.88 Å². The van der Waals surface area contributed by atoms with E-state index in [4.69, 9.17) is 11.6 Å². The van der Waals surface area contributed by atoms with Crippen LogP contribution in [-0.4, -0.2) is 27.3 Å². The topological polar surface area (TPSA) is 66.1 Å². The molecule has 0 radical (unpaired) electrons. The number of para-hydroxylation sites is 1. The minimum Gasteiger partial charge on any atom is -0.331 e. The monoisotopic (exact) mass is 431 g/mol. The van der Waals surface area contributed by atoms with Gasteiger partial charge in [-0.2, -0.15) is 0 Å². The first-order chi connectivity index (χ1) is 15.0. The first kappa shape index (κ1) is 20.8. The van der Waals surface area contributed by atoms with Gasteiger partial charge in [-0.15, -0.1) is 0 Å². The molecule has 0 atom stereocenters. The second-order valence-electron chi connectivity index (χ2n) is 7.50. The van der Waals surface area contributed by atoms with Crippen molar-refractivity contribution in [2.75, 3.05) is 6.54 Å². The molecule has 4 rings (SSSR count).